The third-order valence-corrected chi connectivity index (χ3v) is 5.50. The number of carbonyl (C=O) groups excluding carboxylic acids is 4. The molecule has 2 N–H and O–H groups in total. The number of carbonyl (C=O) groups is 4. The number of nitrogens with zero attached hydrogens (tertiary/aromatic N) is 1. The summed E-state index contributed by atoms with van der Waals surface area (Å²) < 4.78 is 0. The highest BCUT2D eigenvalue weighted by atomic mass is 35.5. The molecule has 29 heavy (non-hydrogen) atoms. The van der Waals surface area contributed by atoms with Gasteiger partial charge in [-0.2, -0.15) is 0 Å². The Morgan fingerprint density at radius 2 is 1.86 bits per heavy atom. The van der Waals surface area contributed by atoms with Crippen molar-refractivity contribution in [1.82, 2.24) is 15.5 Å². The molecule has 156 valence electrons. The molecule has 1 aromatic carbocycles. The molecule has 1 unspecified atom stereocenters. The van der Waals surface area contributed by atoms with E-state index in [2.05, 4.69) is 10.6 Å². The summed E-state index contributed by atoms with van der Waals surface area (Å²) in [6, 6.07) is 4.13. The molecule has 0 aliphatic carbocycles. The lowest BCUT2D eigenvalue weighted by Crippen LogP contribution is -2.47. The van der Waals surface area contributed by atoms with Crippen molar-refractivity contribution in [2.75, 3.05) is 13.1 Å². The smallest absolute Gasteiger partial charge is 0.293 e. The Labute approximate surface area is 183 Å². The summed E-state index contributed by atoms with van der Waals surface area (Å²) >= 11 is 12.8. The van der Waals surface area contributed by atoms with Crippen LogP contribution in [0.3, 0.4) is 0 Å². The number of benzene rings is 1. The SMILES string of the molecule is CC(C)C(=O)NC(C)C(=O)NCCN1C(=O)SC(=Cc2ccc(Cl)cc2Cl)C1=O. The Kier molecular flexibility index (Phi) is 8.13. The summed E-state index contributed by atoms with van der Waals surface area (Å²) in [5.74, 6) is -1.32. The molecule has 0 radical (unpaired) electrons. The molecule has 4 amide bonds. The summed E-state index contributed by atoms with van der Waals surface area (Å²) in [6.45, 7) is 5.12. The molecule has 1 aromatic rings. The second-order valence-corrected chi connectivity index (χ2v) is 8.51. The highest BCUT2D eigenvalue weighted by Crippen LogP contribution is 2.33. The summed E-state index contributed by atoms with van der Waals surface area (Å²) in [5, 5.41) is 5.60. The minimum absolute atomic E-state index is 0.0208. The van der Waals surface area contributed by atoms with Gasteiger partial charge in [-0.15, -0.1) is 0 Å². The Morgan fingerprint density at radius 3 is 2.48 bits per heavy atom. The number of nitrogens with one attached hydrogen (secondary N) is 2. The van der Waals surface area contributed by atoms with E-state index in [1.54, 1.807) is 39.0 Å². The molecule has 0 saturated carbocycles. The summed E-state index contributed by atoms with van der Waals surface area (Å²) in [4.78, 5) is 49.6. The van der Waals surface area contributed by atoms with Gasteiger partial charge in [0.2, 0.25) is 11.8 Å². The third kappa shape index (κ3) is 6.22. The molecule has 1 aliphatic rings. The lowest BCUT2D eigenvalue weighted by molar-refractivity contribution is -0.130. The van der Waals surface area contributed by atoms with Crippen LogP contribution in [0.1, 0.15) is 26.3 Å². The standard InChI is InChI=1S/C19H21Cl2N3O4S/c1-10(2)16(25)23-11(3)17(26)22-6-7-24-18(27)15(29-19(24)28)8-12-4-5-13(20)9-14(12)21/h4-5,8-11H,6-7H2,1-3H3,(H,22,26)(H,23,25). The fourth-order valence-electron chi connectivity index (χ4n) is 2.34. The number of rotatable bonds is 7. The molecular weight excluding hydrogens is 437 g/mol. The van der Waals surface area contributed by atoms with Crippen LogP contribution >= 0.6 is 35.0 Å². The topological polar surface area (TPSA) is 95.6 Å². The summed E-state index contributed by atoms with van der Waals surface area (Å²) in [7, 11) is 0. The second kappa shape index (κ2) is 10.1. The van der Waals surface area contributed by atoms with Gasteiger partial charge in [0, 0.05) is 29.1 Å². The monoisotopic (exact) mass is 457 g/mol. The maximum absolute atomic E-state index is 12.5. The van der Waals surface area contributed by atoms with E-state index >= 15 is 0 Å². The number of halogens is 2. The molecule has 1 heterocycles. The quantitative estimate of drug-likeness (QED) is 0.612. The fourth-order valence-corrected chi connectivity index (χ4v) is 3.66. The van der Waals surface area contributed by atoms with Crippen molar-refractivity contribution in [3.8, 4) is 0 Å². The van der Waals surface area contributed by atoms with Crippen LogP contribution in [-0.2, 0) is 14.4 Å². The van der Waals surface area contributed by atoms with E-state index in [0.717, 1.165) is 16.7 Å². The highest BCUT2D eigenvalue weighted by Gasteiger charge is 2.34. The van der Waals surface area contributed by atoms with Crippen molar-refractivity contribution in [2.24, 2.45) is 5.92 Å². The summed E-state index contributed by atoms with van der Waals surface area (Å²) in [6.07, 6.45) is 1.53. The maximum Gasteiger partial charge on any atom is 0.293 e. The molecule has 1 aliphatic heterocycles. The first-order valence-corrected chi connectivity index (χ1v) is 10.5. The highest BCUT2D eigenvalue weighted by molar-refractivity contribution is 8.18. The predicted molar refractivity (Wildman–Crippen MR) is 115 cm³/mol. The first-order chi connectivity index (χ1) is 13.6. The third-order valence-electron chi connectivity index (χ3n) is 4.03. The minimum atomic E-state index is -0.716. The van der Waals surface area contributed by atoms with Gasteiger partial charge in [-0.3, -0.25) is 24.1 Å². The van der Waals surface area contributed by atoms with Gasteiger partial charge in [-0.25, -0.2) is 0 Å². The Balaban J connectivity index is 1.93. The average Bonchev–Trinajstić information content (AvgIpc) is 2.91. The molecule has 2 rings (SSSR count). The van der Waals surface area contributed by atoms with Crippen molar-refractivity contribution < 1.29 is 19.2 Å². The Bertz CT molecular complexity index is 873. The van der Waals surface area contributed by atoms with Crippen molar-refractivity contribution >= 4 is 64.0 Å². The molecule has 10 heteroatoms. The number of hydrogen-bond acceptors (Lipinski definition) is 5. The van der Waals surface area contributed by atoms with Crippen molar-refractivity contribution in [3.05, 3.63) is 38.7 Å². The first-order valence-electron chi connectivity index (χ1n) is 8.88. The average molecular weight is 458 g/mol. The van der Waals surface area contributed by atoms with Crippen molar-refractivity contribution in [3.63, 3.8) is 0 Å². The van der Waals surface area contributed by atoms with Crippen LogP contribution in [0.15, 0.2) is 23.1 Å². The van der Waals surface area contributed by atoms with Gasteiger partial charge in [0.25, 0.3) is 11.1 Å². The van der Waals surface area contributed by atoms with Gasteiger partial charge in [0.1, 0.15) is 6.04 Å². The fraction of sp³-hybridized carbons (Fsp3) is 0.368. The minimum Gasteiger partial charge on any atom is -0.353 e. The van der Waals surface area contributed by atoms with Gasteiger partial charge < -0.3 is 10.6 Å². The van der Waals surface area contributed by atoms with Crippen LogP contribution < -0.4 is 10.6 Å². The molecule has 1 fully saturated rings. The molecule has 1 atom stereocenters. The van der Waals surface area contributed by atoms with E-state index < -0.39 is 23.1 Å². The van der Waals surface area contributed by atoms with E-state index in [-0.39, 0.29) is 29.8 Å². The van der Waals surface area contributed by atoms with Crippen LogP contribution in [0.2, 0.25) is 10.0 Å². The van der Waals surface area contributed by atoms with Crippen molar-refractivity contribution in [2.45, 2.75) is 26.8 Å². The van der Waals surface area contributed by atoms with Crippen LogP contribution in [0.4, 0.5) is 4.79 Å². The van der Waals surface area contributed by atoms with E-state index in [9.17, 15) is 19.2 Å². The largest absolute Gasteiger partial charge is 0.353 e. The van der Waals surface area contributed by atoms with E-state index in [4.69, 9.17) is 23.2 Å². The van der Waals surface area contributed by atoms with Gasteiger partial charge >= 0.3 is 0 Å². The van der Waals surface area contributed by atoms with Crippen LogP contribution in [0.5, 0.6) is 0 Å². The second-order valence-electron chi connectivity index (χ2n) is 6.68. The van der Waals surface area contributed by atoms with Crippen LogP contribution in [0.25, 0.3) is 6.08 Å². The Hall–Kier alpha value is -2.03. The summed E-state index contributed by atoms with van der Waals surface area (Å²) in [5.41, 5.74) is 0.574. The normalized spacial score (nSPS) is 16.5. The molecule has 0 bridgehead atoms. The molecular formula is C19H21Cl2N3O4S. The number of thioether (sulfide) groups is 1. The van der Waals surface area contributed by atoms with Gasteiger partial charge in [0.15, 0.2) is 0 Å². The molecule has 1 saturated heterocycles. The lowest BCUT2D eigenvalue weighted by atomic mass is 10.2. The predicted octanol–water partition coefficient (Wildman–Crippen LogP) is 3.31. The van der Waals surface area contributed by atoms with Gasteiger partial charge in [-0.1, -0.05) is 43.1 Å². The van der Waals surface area contributed by atoms with Gasteiger partial charge in [0.05, 0.1) is 4.91 Å². The zero-order valence-corrected chi connectivity index (χ0v) is 18.5. The first kappa shape index (κ1) is 23.3. The van der Waals surface area contributed by atoms with Crippen molar-refractivity contribution in [1.29, 1.82) is 0 Å². The van der Waals surface area contributed by atoms with E-state index in [1.165, 1.54) is 6.08 Å². The van der Waals surface area contributed by atoms with Crippen LogP contribution in [0, 0.1) is 5.92 Å². The van der Waals surface area contributed by atoms with Crippen LogP contribution in [-0.4, -0.2) is 47.0 Å². The van der Waals surface area contributed by atoms with Gasteiger partial charge in [-0.05, 0) is 42.5 Å². The van der Waals surface area contributed by atoms with E-state index in [1.807, 2.05) is 0 Å². The number of amides is 4. The number of hydrogen-bond donors (Lipinski definition) is 2. The number of imide groups is 1. The zero-order chi connectivity index (χ0) is 21.7. The molecule has 0 spiro atoms. The maximum atomic E-state index is 12.5. The molecule has 7 nitrogen and oxygen atoms in total. The van der Waals surface area contributed by atoms with E-state index in [0.29, 0.717) is 15.6 Å². The lowest BCUT2D eigenvalue weighted by Gasteiger charge is -2.17. The molecule has 0 aromatic heterocycles. The Morgan fingerprint density at radius 1 is 1.17 bits per heavy atom. The zero-order valence-electron chi connectivity index (χ0n) is 16.1.